The SMILES string of the molecule is COC(Oc1cc(C)cc(C)c1)C(N)=O. The number of amides is 1. The van der Waals surface area contributed by atoms with E-state index in [9.17, 15) is 4.79 Å². The number of carbonyl (C=O) groups is 1. The van der Waals surface area contributed by atoms with Crippen LogP contribution >= 0.6 is 0 Å². The van der Waals surface area contributed by atoms with Crippen LogP contribution in [-0.4, -0.2) is 19.3 Å². The second kappa shape index (κ2) is 4.79. The summed E-state index contributed by atoms with van der Waals surface area (Å²) in [7, 11) is 1.37. The van der Waals surface area contributed by atoms with Crippen molar-refractivity contribution in [2.45, 2.75) is 20.1 Å². The highest BCUT2D eigenvalue weighted by Crippen LogP contribution is 2.17. The van der Waals surface area contributed by atoms with Gasteiger partial charge < -0.3 is 15.2 Å². The molecule has 1 atom stereocenters. The Labute approximate surface area is 89.0 Å². The molecular weight excluding hydrogens is 194 g/mol. The summed E-state index contributed by atoms with van der Waals surface area (Å²) < 4.78 is 10.1. The first kappa shape index (κ1) is 11.5. The van der Waals surface area contributed by atoms with Crippen molar-refractivity contribution in [3.63, 3.8) is 0 Å². The number of rotatable bonds is 4. The maximum atomic E-state index is 10.9. The van der Waals surface area contributed by atoms with E-state index < -0.39 is 12.2 Å². The zero-order valence-electron chi connectivity index (χ0n) is 9.11. The second-order valence-electron chi connectivity index (χ2n) is 3.41. The maximum absolute atomic E-state index is 10.9. The largest absolute Gasteiger partial charge is 0.455 e. The Hall–Kier alpha value is -1.55. The fourth-order valence-electron chi connectivity index (χ4n) is 1.35. The molecule has 1 amide bonds. The standard InChI is InChI=1S/C11H15NO3/c1-7-4-8(2)6-9(5-7)15-11(14-3)10(12)13/h4-6,11H,1-3H3,(H2,12,13). The van der Waals surface area contributed by atoms with E-state index in [-0.39, 0.29) is 0 Å². The van der Waals surface area contributed by atoms with Gasteiger partial charge in [0.25, 0.3) is 12.2 Å². The van der Waals surface area contributed by atoms with Gasteiger partial charge in [-0.3, -0.25) is 4.79 Å². The third-order valence-corrected chi connectivity index (χ3v) is 1.88. The molecular formula is C11H15NO3. The molecule has 4 heteroatoms. The van der Waals surface area contributed by atoms with E-state index in [1.165, 1.54) is 7.11 Å². The molecule has 0 aliphatic rings. The summed E-state index contributed by atoms with van der Waals surface area (Å²) in [5, 5.41) is 0. The molecule has 1 unspecified atom stereocenters. The molecule has 0 heterocycles. The molecule has 0 fully saturated rings. The molecule has 0 spiro atoms. The Bertz CT molecular complexity index is 343. The average Bonchev–Trinajstić information content (AvgIpc) is 2.12. The van der Waals surface area contributed by atoms with Gasteiger partial charge in [0, 0.05) is 7.11 Å². The number of hydrogen-bond donors (Lipinski definition) is 1. The number of methoxy groups -OCH3 is 1. The van der Waals surface area contributed by atoms with Gasteiger partial charge in [-0.25, -0.2) is 0 Å². The Morgan fingerprint density at radius 1 is 1.27 bits per heavy atom. The maximum Gasteiger partial charge on any atom is 0.287 e. The number of nitrogens with two attached hydrogens (primary N) is 1. The zero-order valence-corrected chi connectivity index (χ0v) is 9.11. The number of carbonyl (C=O) groups excluding carboxylic acids is 1. The van der Waals surface area contributed by atoms with E-state index in [1.54, 1.807) is 0 Å². The number of aryl methyl sites for hydroxylation is 2. The van der Waals surface area contributed by atoms with E-state index in [0.29, 0.717) is 5.75 Å². The fourth-order valence-corrected chi connectivity index (χ4v) is 1.35. The number of ether oxygens (including phenoxy) is 2. The van der Waals surface area contributed by atoms with Crippen LogP contribution < -0.4 is 10.5 Å². The molecule has 4 nitrogen and oxygen atoms in total. The topological polar surface area (TPSA) is 61.6 Å². The molecule has 15 heavy (non-hydrogen) atoms. The average molecular weight is 209 g/mol. The van der Waals surface area contributed by atoms with Gasteiger partial charge in [-0.1, -0.05) is 6.07 Å². The highest BCUT2D eigenvalue weighted by molar-refractivity contribution is 5.77. The molecule has 82 valence electrons. The summed E-state index contributed by atoms with van der Waals surface area (Å²) in [6.07, 6.45) is -1.04. The Morgan fingerprint density at radius 3 is 2.20 bits per heavy atom. The van der Waals surface area contributed by atoms with Crippen molar-refractivity contribution in [1.82, 2.24) is 0 Å². The minimum Gasteiger partial charge on any atom is -0.455 e. The van der Waals surface area contributed by atoms with Gasteiger partial charge in [-0.15, -0.1) is 0 Å². The highest BCUT2D eigenvalue weighted by Gasteiger charge is 2.15. The smallest absolute Gasteiger partial charge is 0.287 e. The first-order valence-electron chi connectivity index (χ1n) is 4.60. The van der Waals surface area contributed by atoms with Crippen molar-refractivity contribution in [2.75, 3.05) is 7.11 Å². The van der Waals surface area contributed by atoms with Gasteiger partial charge in [0.2, 0.25) is 0 Å². The molecule has 0 aliphatic heterocycles. The minimum absolute atomic E-state index is 0.582. The van der Waals surface area contributed by atoms with Crippen molar-refractivity contribution in [1.29, 1.82) is 0 Å². The van der Waals surface area contributed by atoms with Crippen LogP contribution in [0.3, 0.4) is 0 Å². The van der Waals surface area contributed by atoms with E-state index in [0.717, 1.165) is 11.1 Å². The van der Waals surface area contributed by atoms with Crippen LogP contribution in [0.25, 0.3) is 0 Å². The van der Waals surface area contributed by atoms with Crippen molar-refractivity contribution in [3.8, 4) is 5.75 Å². The van der Waals surface area contributed by atoms with Crippen LogP contribution in [0.4, 0.5) is 0 Å². The normalized spacial score (nSPS) is 12.2. The lowest BCUT2D eigenvalue weighted by atomic mass is 10.1. The van der Waals surface area contributed by atoms with Crippen LogP contribution in [0.15, 0.2) is 18.2 Å². The van der Waals surface area contributed by atoms with Crippen molar-refractivity contribution in [2.24, 2.45) is 5.73 Å². The highest BCUT2D eigenvalue weighted by atomic mass is 16.7. The first-order valence-corrected chi connectivity index (χ1v) is 4.60. The number of benzene rings is 1. The van der Waals surface area contributed by atoms with E-state index >= 15 is 0 Å². The van der Waals surface area contributed by atoms with Gasteiger partial charge in [0.1, 0.15) is 5.75 Å². The summed E-state index contributed by atoms with van der Waals surface area (Å²) in [6.45, 7) is 3.90. The predicted octanol–water partition coefficient (Wildman–Crippen LogP) is 1.14. The predicted molar refractivity (Wildman–Crippen MR) is 56.5 cm³/mol. The third-order valence-electron chi connectivity index (χ3n) is 1.88. The summed E-state index contributed by atoms with van der Waals surface area (Å²) in [6, 6.07) is 5.66. The van der Waals surface area contributed by atoms with Gasteiger partial charge >= 0.3 is 0 Å². The summed E-state index contributed by atoms with van der Waals surface area (Å²) in [4.78, 5) is 10.9. The lowest BCUT2D eigenvalue weighted by Crippen LogP contribution is -2.35. The molecule has 0 saturated heterocycles. The van der Waals surface area contributed by atoms with Crippen molar-refractivity contribution in [3.05, 3.63) is 29.3 Å². The van der Waals surface area contributed by atoms with Gasteiger partial charge in [0.15, 0.2) is 0 Å². The van der Waals surface area contributed by atoms with Gasteiger partial charge in [-0.2, -0.15) is 0 Å². The van der Waals surface area contributed by atoms with Crippen molar-refractivity contribution < 1.29 is 14.3 Å². The van der Waals surface area contributed by atoms with E-state index in [1.807, 2.05) is 32.0 Å². The lowest BCUT2D eigenvalue weighted by molar-refractivity contribution is -0.144. The third kappa shape index (κ3) is 3.25. The molecule has 2 N–H and O–H groups in total. The summed E-state index contributed by atoms with van der Waals surface area (Å²) in [5.74, 6) is -0.0604. The van der Waals surface area contributed by atoms with Crippen molar-refractivity contribution >= 4 is 5.91 Å². The van der Waals surface area contributed by atoms with E-state index in [4.69, 9.17) is 15.2 Å². The molecule has 0 radical (unpaired) electrons. The van der Waals surface area contributed by atoms with Crippen LogP contribution in [-0.2, 0) is 9.53 Å². The monoisotopic (exact) mass is 209 g/mol. The molecule has 0 aromatic heterocycles. The van der Waals surface area contributed by atoms with Gasteiger partial charge in [0.05, 0.1) is 0 Å². The first-order chi connectivity index (χ1) is 7.02. The molecule has 1 aromatic rings. The molecule has 1 rings (SSSR count). The zero-order chi connectivity index (χ0) is 11.4. The van der Waals surface area contributed by atoms with Crippen LogP contribution in [0, 0.1) is 13.8 Å². The van der Waals surface area contributed by atoms with Crippen LogP contribution in [0.2, 0.25) is 0 Å². The number of primary amides is 1. The quantitative estimate of drug-likeness (QED) is 0.756. The van der Waals surface area contributed by atoms with Crippen LogP contribution in [0.1, 0.15) is 11.1 Å². The molecule has 0 saturated carbocycles. The van der Waals surface area contributed by atoms with Crippen LogP contribution in [0.5, 0.6) is 5.75 Å². The number of hydrogen-bond acceptors (Lipinski definition) is 3. The fraction of sp³-hybridized carbons (Fsp3) is 0.364. The molecule has 0 aliphatic carbocycles. The molecule has 1 aromatic carbocycles. The summed E-state index contributed by atoms with van der Waals surface area (Å²) >= 11 is 0. The Kier molecular flexibility index (Phi) is 3.68. The Morgan fingerprint density at radius 2 is 1.80 bits per heavy atom. The Balaban J connectivity index is 2.83. The molecule has 0 bridgehead atoms. The minimum atomic E-state index is -1.04. The van der Waals surface area contributed by atoms with E-state index in [2.05, 4.69) is 0 Å². The lowest BCUT2D eigenvalue weighted by Gasteiger charge is -2.14. The second-order valence-corrected chi connectivity index (χ2v) is 3.41. The summed E-state index contributed by atoms with van der Waals surface area (Å²) in [5.41, 5.74) is 7.20. The van der Waals surface area contributed by atoms with Gasteiger partial charge in [-0.05, 0) is 37.1 Å².